The number of hydrogen-bond acceptors (Lipinski definition) is 4. The minimum atomic E-state index is -0.405. The predicted octanol–water partition coefficient (Wildman–Crippen LogP) is 1.33. The highest BCUT2D eigenvalue weighted by Gasteiger charge is 2.21. The fourth-order valence-corrected chi connectivity index (χ4v) is 2.03. The molecule has 0 aliphatic carbocycles. The third kappa shape index (κ3) is 3.17. The summed E-state index contributed by atoms with van der Waals surface area (Å²) < 4.78 is 5.59. The lowest BCUT2D eigenvalue weighted by molar-refractivity contribution is 0.0764. The van der Waals surface area contributed by atoms with Crippen molar-refractivity contribution in [3.05, 3.63) is 23.8 Å². The van der Waals surface area contributed by atoms with Crippen LogP contribution in [-0.2, 0) is 0 Å². The van der Waals surface area contributed by atoms with Crippen molar-refractivity contribution in [3.8, 4) is 5.75 Å². The van der Waals surface area contributed by atoms with E-state index in [1.165, 1.54) is 0 Å². The maximum atomic E-state index is 12.4. The fourth-order valence-electron chi connectivity index (χ4n) is 2.03. The molecule has 1 amide bonds. The highest BCUT2D eigenvalue weighted by atomic mass is 16.5. The number of fused-ring (bicyclic) bond motifs is 1. The first kappa shape index (κ1) is 13.7. The molecule has 1 heterocycles. The summed E-state index contributed by atoms with van der Waals surface area (Å²) in [6.45, 7) is 3.56. The van der Waals surface area contributed by atoms with E-state index in [1.54, 1.807) is 24.9 Å². The molecule has 5 heteroatoms. The molecule has 1 unspecified atom stereocenters. The molecule has 5 nitrogen and oxygen atoms in total. The largest absolute Gasteiger partial charge is 0.489 e. The second-order valence-electron chi connectivity index (χ2n) is 4.82. The van der Waals surface area contributed by atoms with Gasteiger partial charge in [-0.2, -0.15) is 0 Å². The Kier molecular flexibility index (Phi) is 4.27. The van der Waals surface area contributed by atoms with Crippen molar-refractivity contribution in [2.24, 2.45) is 0 Å². The summed E-state index contributed by atoms with van der Waals surface area (Å²) in [5, 5.41) is 12.5. The zero-order valence-electron chi connectivity index (χ0n) is 11.3. The number of amides is 1. The monoisotopic (exact) mass is 264 g/mol. The van der Waals surface area contributed by atoms with Crippen molar-refractivity contribution in [2.45, 2.75) is 19.4 Å². The third-order valence-corrected chi connectivity index (χ3v) is 3.14. The Labute approximate surface area is 113 Å². The molecule has 1 atom stereocenters. The van der Waals surface area contributed by atoms with Crippen LogP contribution in [0.1, 0.15) is 23.7 Å². The molecule has 1 aliphatic heterocycles. The van der Waals surface area contributed by atoms with Gasteiger partial charge in [-0.25, -0.2) is 0 Å². The molecular weight excluding hydrogens is 244 g/mol. The first-order valence-corrected chi connectivity index (χ1v) is 6.53. The Morgan fingerprint density at radius 2 is 2.37 bits per heavy atom. The lowest BCUT2D eigenvalue weighted by Gasteiger charge is -2.24. The van der Waals surface area contributed by atoms with Crippen LogP contribution in [0, 0.1) is 0 Å². The first-order chi connectivity index (χ1) is 9.09. The van der Waals surface area contributed by atoms with E-state index < -0.39 is 6.10 Å². The predicted molar refractivity (Wildman–Crippen MR) is 73.7 cm³/mol. The first-order valence-electron chi connectivity index (χ1n) is 6.53. The average molecular weight is 264 g/mol. The van der Waals surface area contributed by atoms with E-state index in [1.807, 2.05) is 12.1 Å². The number of para-hydroxylation sites is 1. The second-order valence-corrected chi connectivity index (χ2v) is 4.82. The van der Waals surface area contributed by atoms with Crippen molar-refractivity contribution in [2.75, 3.05) is 32.1 Å². The van der Waals surface area contributed by atoms with Gasteiger partial charge in [0.25, 0.3) is 5.91 Å². The van der Waals surface area contributed by atoms with Gasteiger partial charge in [0.2, 0.25) is 0 Å². The van der Waals surface area contributed by atoms with Crippen molar-refractivity contribution in [1.82, 2.24) is 4.90 Å². The Bertz CT molecular complexity index is 460. The van der Waals surface area contributed by atoms with Gasteiger partial charge in [0.1, 0.15) is 6.61 Å². The smallest absolute Gasteiger partial charge is 0.257 e. The van der Waals surface area contributed by atoms with Gasteiger partial charge in [0.15, 0.2) is 5.75 Å². The van der Waals surface area contributed by atoms with Crippen LogP contribution in [0.5, 0.6) is 5.75 Å². The number of ether oxygens (including phenoxy) is 1. The quantitative estimate of drug-likeness (QED) is 0.861. The Hall–Kier alpha value is -1.75. The number of anilines is 1. The molecule has 0 spiro atoms. The van der Waals surface area contributed by atoms with E-state index >= 15 is 0 Å². The van der Waals surface area contributed by atoms with E-state index in [4.69, 9.17) is 4.74 Å². The number of carbonyl (C=O) groups is 1. The highest BCUT2D eigenvalue weighted by molar-refractivity contribution is 5.98. The highest BCUT2D eigenvalue weighted by Crippen LogP contribution is 2.31. The molecule has 0 bridgehead atoms. The molecule has 0 fully saturated rings. The number of carbonyl (C=O) groups excluding carboxylic acids is 1. The molecule has 2 rings (SSSR count). The Morgan fingerprint density at radius 1 is 1.58 bits per heavy atom. The van der Waals surface area contributed by atoms with Gasteiger partial charge in [0, 0.05) is 20.1 Å². The fraction of sp³-hybridized carbons (Fsp3) is 0.500. The van der Waals surface area contributed by atoms with E-state index in [-0.39, 0.29) is 5.91 Å². The van der Waals surface area contributed by atoms with Gasteiger partial charge in [-0.3, -0.25) is 4.79 Å². The SMILES string of the molecule is CC(O)CCN(C)C(=O)c1cccc2c1OCCN2. The number of nitrogens with zero attached hydrogens (tertiary/aromatic N) is 1. The minimum absolute atomic E-state index is 0.0822. The molecule has 0 saturated carbocycles. The van der Waals surface area contributed by atoms with Crippen molar-refractivity contribution in [3.63, 3.8) is 0 Å². The molecule has 1 aliphatic rings. The van der Waals surface area contributed by atoms with Crippen LogP contribution in [0.15, 0.2) is 18.2 Å². The molecular formula is C14H20N2O3. The van der Waals surface area contributed by atoms with Gasteiger partial charge in [0.05, 0.1) is 17.4 Å². The molecule has 0 radical (unpaired) electrons. The number of rotatable bonds is 4. The van der Waals surface area contributed by atoms with Gasteiger partial charge < -0.3 is 20.1 Å². The third-order valence-electron chi connectivity index (χ3n) is 3.14. The number of nitrogens with one attached hydrogen (secondary N) is 1. The van der Waals surface area contributed by atoms with E-state index in [0.29, 0.717) is 30.9 Å². The van der Waals surface area contributed by atoms with Crippen LogP contribution in [0.2, 0.25) is 0 Å². The zero-order chi connectivity index (χ0) is 13.8. The number of benzene rings is 1. The standard InChI is InChI=1S/C14H20N2O3/c1-10(17)6-8-16(2)14(18)11-4-3-5-12-13(11)19-9-7-15-12/h3-5,10,15,17H,6-9H2,1-2H3. The number of hydrogen-bond donors (Lipinski definition) is 2. The van der Waals surface area contributed by atoms with Crippen LogP contribution in [0.25, 0.3) is 0 Å². The van der Waals surface area contributed by atoms with Crippen LogP contribution in [0.4, 0.5) is 5.69 Å². The molecule has 19 heavy (non-hydrogen) atoms. The second kappa shape index (κ2) is 5.93. The lowest BCUT2D eigenvalue weighted by Crippen LogP contribution is -2.30. The summed E-state index contributed by atoms with van der Waals surface area (Å²) in [5.41, 5.74) is 1.43. The topological polar surface area (TPSA) is 61.8 Å². The van der Waals surface area contributed by atoms with Crippen LogP contribution >= 0.6 is 0 Å². The van der Waals surface area contributed by atoms with Crippen molar-refractivity contribution in [1.29, 1.82) is 0 Å². The van der Waals surface area contributed by atoms with Gasteiger partial charge in [-0.05, 0) is 25.5 Å². The van der Waals surface area contributed by atoms with Crippen LogP contribution < -0.4 is 10.1 Å². The summed E-state index contributed by atoms with van der Waals surface area (Å²) in [5.74, 6) is 0.545. The number of aliphatic hydroxyl groups excluding tert-OH is 1. The molecule has 104 valence electrons. The summed E-state index contributed by atoms with van der Waals surface area (Å²) in [6.07, 6.45) is 0.161. The normalized spacial score (nSPS) is 14.9. The maximum Gasteiger partial charge on any atom is 0.257 e. The van der Waals surface area contributed by atoms with Crippen LogP contribution in [-0.4, -0.2) is 48.8 Å². The minimum Gasteiger partial charge on any atom is -0.489 e. The Balaban J connectivity index is 2.15. The molecule has 1 aromatic rings. The summed E-state index contributed by atoms with van der Waals surface area (Å²) in [7, 11) is 1.74. The molecule has 0 aromatic heterocycles. The summed E-state index contributed by atoms with van der Waals surface area (Å²) in [4.78, 5) is 14.0. The maximum absolute atomic E-state index is 12.4. The average Bonchev–Trinajstić information content (AvgIpc) is 2.43. The summed E-state index contributed by atoms with van der Waals surface area (Å²) >= 11 is 0. The van der Waals surface area contributed by atoms with Crippen molar-refractivity contribution < 1.29 is 14.6 Å². The molecule has 1 aromatic carbocycles. The van der Waals surface area contributed by atoms with Crippen molar-refractivity contribution >= 4 is 11.6 Å². The van der Waals surface area contributed by atoms with Crippen LogP contribution in [0.3, 0.4) is 0 Å². The van der Waals surface area contributed by atoms with Gasteiger partial charge in [-0.15, -0.1) is 0 Å². The molecule has 0 saturated heterocycles. The van der Waals surface area contributed by atoms with Gasteiger partial charge >= 0.3 is 0 Å². The Morgan fingerprint density at radius 3 is 3.11 bits per heavy atom. The zero-order valence-corrected chi connectivity index (χ0v) is 11.3. The summed E-state index contributed by atoms with van der Waals surface area (Å²) in [6, 6.07) is 5.52. The van der Waals surface area contributed by atoms with E-state index in [9.17, 15) is 9.90 Å². The number of aliphatic hydroxyl groups is 1. The lowest BCUT2D eigenvalue weighted by atomic mass is 10.1. The molecule has 2 N–H and O–H groups in total. The van der Waals surface area contributed by atoms with Gasteiger partial charge in [-0.1, -0.05) is 6.07 Å². The van der Waals surface area contributed by atoms with E-state index in [2.05, 4.69) is 5.32 Å². The van der Waals surface area contributed by atoms with E-state index in [0.717, 1.165) is 12.2 Å².